The first kappa shape index (κ1) is 18.4. The number of likely N-dealkylation sites (tertiary alicyclic amines) is 1. The number of piperidine rings is 1. The molecule has 0 saturated carbocycles. The van der Waals surface area contributed by atoms with E-state index in [0.717, 1.165) is 31.5 Å². The van der Waals surface area contributed by atoms with Crippen LogP contribution in [0.3, 0.4) is 0 Å². The molecule has 1 aliphatic rings. The molecule has 1 aliphatic heterocycles. The SMILES string of the molecule is Cc1ccc(Cl)cc1NC(=O)c1ccnc(C(=O)N2CCC(C)CC2)c1. The monoisotopic (exact) mass is 371 g/mol. The van der Waals surface area contributed by atoms with Crippen LogP contribution >= 0.6 is 11.6 Å². The van der Waals surface area contributed by atoms with E-state index in [1.54, 1.807) is 24.3 Å². The van der Waals surface area contributed by atoms with Crippen molar-refractivity contribution in [1.29, 1.82) is 0 Å². The van der Waals surface area contributed by atoms with E-state index in [0.29, 0.717) is 27.9 Å². The number of benzene rings is 1. The number of aromatic nitrogens is 1. The standard InChI is InChI=1S/C20H22ClN3O2/c1-13-6-9-24(10-7-13)20(26)18-11-15(5-8-22-18)19(25)23-17-12-16(21)4-3-14(17)2/h3-5,8,11-13H,6-7,9-10H2,1-2H3,(H,23,25). The first-order valence-corrected chi connectivity index (χ1v) is 9.14. The van der Waals surface area contributed by atoms with Crippen molar-refractivity contribution in [2.75, 3.05) is 18.4 Å². The van der Waals surface area contributed by atoms with E-state index >= 15 is 0 Å². The number of nitrogens with one attached hydrogen (secondary N) is 1. The summed E-state index contributed by atoms with van der Waals surface area (Å²) in [7, 11) is 0. The molecule has 0 aliphatic carbocycles. The predicted octanol–water partition coefficient (Wildman–Crippen LogP) is 4.17. The molecule has 0 atom stereocenters. The molecule has 26 heavy (non-hydrogen) atoms. The Hall–Kier alpha value is -2.40. The van der Waals surface area contributed by atoms with Gasteiger partial charge in [-0.15, -0.1) is 0 Å². The van der Waals surface area contributed by atoms with Gasteiger partial charge in [0.25, 0.3) is 11.8 Å². The quantitative estimate of drug-likeness (QED) is 0.880. The number of carbonyl (C=O) groups excluding carboxylic acids is 2. The maximum atomic E-state index is 12.7. The van der Waals surface area contributed by atoms with Crippen LogP contribution in [0.4, 0.5) is 5.69 Å². The lowest BCUT2D eigenvalue weighted by Crippen LogP contribution is -2.38. The molecule has 1 fully saturated rings. The van der Waals surface area contributed by atoms with Gasteiger partial charge >= 0.3 is 0 Å². The smallest absolute Gasteiger partial charge is 0.272 e. The molecule has 5 nitrogen and oxygen atoms in total. The number of nitrogens with zero attached hydrogens (tertiary/aromatic N) is 2. The van der Waals surface area contributed by atoms with Gasteiger partial charge in [-0.3, -0.25) is 14.6 Å². The maximum Gasteiger partial charge on any atom is 0.272 e. The Morgan fingerprint density at radius 2 is 1.92 bits per heavy atom. The highest BCUT2D eigenvalue weighted by atomic mass is 35.5. The summed E-state index contributed by atoms with van der Waals surface area (Å²) < 4.78 is 0. The Balaban J connectivity index is 1.75. The summed E-state index contributed by atoms with van der Waals surface area (Å²) in [5.41, 5.74) is 2.26. The van der Waals surface area contributed by atoms with Crippen molar-refractivity contribution in [2.45, 2.75) is 26.7 Å². The molecule has 136 valence electrons. The van der Waals surface area contributed by atoms with Crippen LogP contribution in [0.2, 0.25) is 5.02 Å². The third-order valence-electron chi connectivity index (χ3n) is 4.76. The molecular weight excluding hydrogens is 350 g/mol. The minimum atomic E-state index is -0.293. The van der Waals surface area contributed by atoms with Crippen LogP contribution in [0.5, 0.6) is 0 Å². The lowest BCUT2D eigenvalue weighted by atomic mass is 9.99. The number of amides is 2. The molecule has 1 aromatic carbocycles. The second kappa shape index (κ2) is 7.87. The Morgan fingerprint density at radius 3 is 2.65 bits per heavy atom. The zero-order valence-corrected chi connectivity index (χ0v) is 15.7. The van der Waals surface area contributed by atoms with Gasteiger partial charge in [-0.25, -0.2) is 0 Å². The summed E-state index contributed by atoms with van der Waals surface area (Å²) in [4.78, 5) is 31.2. The van der Waals surface area contributed by atoms with Crippen molar-refractivity contribution in [3.05, 3.63) is 58.4 Å². The van der Waals surface area contributed by atoms with Crippen molar-refractivity contribution in [3.8, 4) is 0 Å². The molecule has 2 aromatic rings. The fourth-order valence-corrected chi connectivity index (χ4v) is 3.16. The number of halogens is 1. The molecule has 2 heterocycles. The Morgan fingerprint density at radius 1 is 1.19 bits per heavy atom. The minimum absolute atomic E-state index is 0.120. The Bertz CT molecular complexity index is 830. The van der Waals surface area contributed by atoms with Gasteiger partial charge < -0.3 is 10.2 Å². The molecule has 0 bridgehead atoms. The van der Waals surface area contributed by atoms with Gasteiger partial charge in [-0.2, -0.15) is 0 Å². The van der Waals surface area contributed by atoms with E-state index in [-0.39, 0.29) is 11.8 Å². The molecule has 6 heteroatoms. The molecule has 0 radical (unpaired) electrons. The molecular formula is C20H22ClN3O2. The Labute approximate surface area is 158 Å². The second-order valence-corrected chi connectivity index (χ2v) is 7.25. The topological polar surface area (TPSA) is 62.3 Å². The maximum absolute atomic E-state index is 12.7. The minimum Gasteiger partial charge on any atom is -0.337 e. The van der Waals surface area contributed by atoms with E-state index in [2.05, 4.69) is 17.2 Å². The van der Waals surface area contributed by atoms with Gasteiger partial charge in [0.05, 0.1) is 0 Å². The summed E-state index contributed by atoms with van der Waals surface area (Å²) in [5.74, 6) is 0.231. The lowest BCUT2D eigenvalue weighted by Gasteiger charge is -2.30. The van der Waals surface area contributed by atoms with E-state index in [9.17, 15) is 9.59 Å². The summed E-state index contributed by atoms with van der Waals surface area (Å²) in [6, 6.07) is 8.48. The third kappa shape index (κ3) is 4.22. The van der Waals surface area contributed by atoms with Gasteiger partial charge in [0.2, 0.25) is 0 Å². The van der Waals surface area contributed by atoms with Gasteiger partial charge in [0.15, 0.2) is 0 Å². The normalized spacial score (nSPS) is 15.0. The van der Waals surface area contributed by atoms with Gasteiger partial charge in [0.1, 0.15) is 5.69 Å². The van der Waals surface area contributed by atoms with Crippen LogP contribution in [-0.4, -0.2) is 34.8 Å². The number of carbonyl (C=O) groups is 2. The molecule has 1 aromatic heterocycles. The van der Waals surface area contributed by atoms with E-state index in [4.69, 9.17) is 11.6 Å². The number of rotatable bonds is 3. The summed E-state index contributed by atoms with van der Waals surface area (Å²) in [5, 5.41) is 3.39. The highest BCUT2D eigenvalue weighted by molar-refractivity contribution is 6.31. The van der Waals surface area contributed by atoms with Gasteiger partial charge in [-0.1, -0.05) is 24.6 Å². The molecule has 1 N–H and O–H groups in total. The van der Waals surface area contributed by atoms with Crippen molar-refractivity contribution in [1.82, 2.24) is 9.88 Å². The van der Waals surface area contributed by atoms with Crippen LogP contribution in [0.15, 0.2) is 36.5 Å². The highest BCUT2D eigenvalue weighted by Gasteiger charge is 2.23. The fraction of sp³-hybridized carbons (Fsp3) is 0.350. The number of anilines is 1. The van der Waals surface area contributed by atoms with Crippen molar-refractivity contribution >= 4 is 29.1 Å². The van der Waals surface area contributed by atoms with E-state index < -0.39 is 0 Å². The van der Waals surface area contributed by atoms with Gasteiger partial charge in [-0.05, 0) is 55.5 Å². The highest BCUT2D eigenvalue weighted by Crippen LogP contribution is 2.21. The van der Waals surface area contributed by atoms with E-state index in [1.807, 2.05) is 17.9 Å². The summed E-state index contributed by atoms with van der Waals surface area (Å²) >= 11 is 6.00. The molecule has 0 spiro atoms. The molecule has 2 amide bonds. The largest absolute Gasteiger partial charge is 0.337 e. The van der Waals surface area contributed by atoms with E-state index in [1.165, 1.54) is 6.20 Å². The predicted molar refractivity (Wildman–Crippen MR) is 103 cm³/mol. The third-order valence-corrected chi connectivity index (χ3v) is 5.00. The van der Waals surface area contributed by atoms with Crippen LogP contribution < -0.4 is 5.32 Å². The van der Waals surface area contributed by atoms with Crippen LogP contribution in [0.1, 0.15) is 46.2 Å². The van der Waals surface area contributed by atoms with Crippen molar-refractivity contribution < 1.29 is 9.59 Å². The number of pyridine rings is 1. The first-order valence-electron chi connectivity index (χ1n) is 8.77. The number of hydrogen-bond donors (Lipinski definition) is 1. The van der Waals surface area contributed by atoms with Crippen LogP contribution in [-0.2, 0) is 0 Å². The molecule has 0 unspecified atom stereocenters. The summed E-state index contributed by atoms with van der Waals surface area (Å²) in [6.45, 7) is 5.56. The van der Waals surface area contributed by atoms with Crippen LogP contribution in [0, 0.1) is 12.8 Å². The van der Waals surface area contributed by atoms with Crippen molar-refractivity contribution in [2.24, 2.45) is 5.92 Å². The molecule has 3 rings (SSSR count). The first-order chi connectivity index (χ1) is 12.4. The number of aryl methyl sites for hydroxylation is 1. The lowest BCUT2D eigenvalue weighted by molar-refractivity contribution is 0.0691. The zero-order valence-electron chi connectivity index (χ0n) is 15.0. The second-order valence-electron chi connectivity index (χ2n) is 6.82. The average Bonchev–Trinajstić information content (AvgIpc) is 2.65. The average molecular weight is 372 g/mol. The Kier molecular flexibility index (Phi) is 5.57. The van der Waals surface area contributed by atoms with Crippen molar-refractivity contribution in [3.63, 3.8) is 0 Å². The summed E-state index contributed by atoms with van der Waals surface area (Å²) in [6.07, 6.45) is 3.50. The van der Waals surface area contributed by atoms with Gasteiger partial charge in [0, 0.05) is 35.6 Å². The fourth-order valence-electron chi connectivity index (χ4n) is 2.99. The zero-order chi connectivity index (χ0) is 18.7. The van der Waals surface area contributed by atoms with Crippen LogP contribution in [0.25, 0.3) is 0 Å². The molecule has 1 saturated heterocycles. The number of hydrogen-bond acceptors (Lipinski definition) is 3.